The van der Waals surface area contributed by atoms with Gasteiger partial charge in [-0.05, 0) is 45.7 Å². The number of fused-ring (bicyclic) bond motifs is 3. The van der Waals surface area contributed by atoms with E-state index in [-0.39, 0.29) is 30.5 Å². The molecule has 2 bridgehead atoms. The number of alkyl carbamates (subject to hydrolysis) is 1. The van der Waals surface area contributed by atoms with Gasteiger partial charge in [0.2, 0.25) is 11.9 Å². The number of imidazole rings is 1. The Morgan fingerprint density at radius 3 is 2.33 bits per heavy atom. The first-order valence-electron chi connectivity index (χ1n) is 14.6. The minimum Gasteiger partial charge on any atom is -0.444 e. The third kappa shape index (κ3) is 6.05. The Labute approximate surface area is 248 Å². The third-order valence-corrected chi connectivity index (χ3v) is 7.88. The second-order valence-electron chi connectivity index (χ2n) is 12.0. The first-order chi connectivity index (χ1) is 20.6. The summed E-state index contributed by atoms with van der Waals surface area (Å²) >= 11 is 0. The topological polar surface area (TPSA) is 118 Å². The van der Waals surface area contributed by atoms with Crippen LogP contribution in [0.15, 0.2) is 30.3 Å². The van der Waals surface area contributed by atoms with E-state index in [0.717, 1.165) is 12.8 Å². The minimum atomic E-state index is -2.83. The average molecular weight is 599 g/mol. The van der Waals surface area contributed by atoms with Crippen molar-refractivity contribution < 1.29 is 27.8 Å². The standard InChI is InChI=1S/C29H36F2N8O4/c1-29(2,3)43-28(41)32-15-24(40)38-18-8-9-19(38)17-37(16-18)23-14-22(36-10-12-42-13-11-36)34-27(35-23)39-21-7-5-4-6-20(21)33-26(39)25(30)31/h4-7,14,18-19,25H,8-13,15-17H2,1-3H3,(H,32,41). The zero-order valence-corrected chi connectivity index (χ0v) is 24.5. The molecule has 0 radical (unpaired) electrons. The predicted molar refractivity (Wildman–Crippen MR) is 155 cm³/mol. The quantitative estimate of drug-likeness (QED) is 0.456. The molecule has 3 aromatic rings. The monoisotopic (exact) mass is 598 g/mol. The van der Waals surface area contributed by atoms with Gasteiger partial charge < -0.3 is 29.5 Å². The number of morpholine rings is 1. The molecule has 1 N–H and O–H groups in total. The average Bonchev–Trinajstić information content (AvgIpc) is 3.50. The van der Waals surface area contributed by atoms with Crippen LogP contribution in [0.5, 0.6) is 0 Å². The lowest BCUT2D eigenvalue weighted by Crippen LogP contribution is -2.58. The zero-order valence-electron chi connectivity index (χ0n) is 24.5. The number of hydrogen-bond acceptors (Lipinski definition) is 9. The van der Waals surface area contributed by atoms with E-state index in [1.165, 1.54) is 4.57 Å². The molecular formula is C29H36F2N8O4. The van der Waals surface area contributed by atoms with E-state index in [2.05, 4.69) is 20.1 Å². The van der Waals surface area contributed by atoms with Gasteiger partial charge in [-0.25, -0.2) is 18.6 Å². The number of halogens is 2. The van der Waals surface area contributed by atoms with E-state index in [1.54, 1.807) is 45.0 Å². The molecule has 3 saturated heterocycles. The fourth-order valence-corrected chi connectivity index (χ4v) is 6.08. The maximum Gasteiger partial charge on any atom is 0.408 e. The lowest BCUT2D eigenvalue weighted by molar-refractivity contribution is -0.133. The lowest BCUT2D eigenvalue weighted by atomic mass is 10.1. The number of para-hydroxylation sites is 2. The number of piperazine rings is 1. The number of alkyl halides is 2. The van der Waals surface area contributed by atoms with Gasteiger partial charge in [-0.3, -0.25) is 9.36 Å². The Balaban J connectivity index is 1.29. The first-order valence-corrected chi connectivity index (χ1v) is 14.6. The summed E-state index contributed by atoms with van der Waals surface area (Å²) in [6, 6.07) is 8.67. The van der Waals surface area contributed by atoms with Crippen molar-refractivity contribution in [2.24, 2.45) is 0 Å². The van der Waals surface area contributed by atoms with Gasteiger partial charge in [-0.2, -0.15) is 9.97 Å². The molecule has 43 heavy (non-hydrogen) atoms. The highest BCUT2D eigenvalue weighted by molar-refractivity contribution is 5.83. The molecule has 2 atom stereocenters. The molecule has 0 aliphatic carbocycles. The second kappa shape index (κ2) is 11.5. The highest BCUT2D eigenvalue weighted by Gasteiger charge is 2.43. The Morgan fingerprint density at radius 2 is 1.67 bits per heavy atom. The SMILES string of the molecule is CC(C)(C)OC(=O)NCC(=O)N1C2CCC1CN(c1cc(N3CCOCC3)nc(-n3c(C(F)F)nc4ccccc43)n1)C2. The summed E-state index contributed by atoms with van der Waals surface area (Å²) in [7, 11) is 0. The summed E-state index contributed by atoms with van der Waals surface area (Å²) in [5.41, 5.74) is 0.272. The smallest absolute Gasteiger partial charge is 0.408 e. The zero-order chi connectivity index (χ0) is 30.3. The number of carbonyl (C=O) groups excluding carboxylic acids is 2. The van der Waals surface area contributed by atoms with Crippen LogP contribution in [0.2, 0.25) is 0 Å². The molecule has 0 spiro atoms. The second-order valence-corrected chi connectivity index (χ2v) is 12.0. The van der Waals surface area contributed by atoms with Crippen molar-refractivity contribution in [2.75, 3.05) is 55.7 Å². The maximum absolute atomic E-state index is 14.2. The number of ether oxygens (including phenoxy) is 2. The first kappa shape index (κ1) is 29.0. The van der Waals surface area contributed by atoms with Crippen molar-refractivity contribution in [3.8, 4) is 5.95 Å². The molecule has 6 rings (SSSR count). The molecule has 3 aliphatic rings. The van der Waals surface area contributed by atoms with Gasteiger partial charge >= 0.3 is 6.09 Å². The fraction of sp³-hybridized carbons (Fsp3) is 0.552. The van der Waals surface area contributed by atoms with Gasteiger partial charge in [-0.1, -0.05) is 12.1 Å². The van der Waals surface area contributed by atoms with Crippen LogP contribution >= 0.6 is 0 Å². The third-order valence-electron chi connectivity index (χ3n) is 7.88. The molecule has 2 amide bonds. The van der Waals surface area contributed by atoms with Gasteiger partial charge in [-0.15, -0.1) is 0 Å². The van der Waals surface area contributed by atoms with E-state index >= 15 is 0 Å². The van der Waals surface area contributed by atoms with E-state index in [4.69, 9.17) is 19.4 Å². The highest BCUT2D eigenvalue weighted by Crippen LogP contribution is 2.34. The van der Waals surface area contributed by atoms with E-state index in [1.807, 2.05) is 11.0 Å². The van der Waals surface area contributed by atoms with Crippen molar-refractivity contribution in [1.82, 2.24) is 29.7 Å². The van der Waals surface area contributed by atoms with Crippen LogP contribution in [0.1, 0.15) is 45.9 Å². The van der Waals surface area contributed by atoms with Crippen LogP contribution in [0.4, 0.5) is 25.2 Å². The van der Waals surface area contributed by atoms with E-state index in [0.29, 0.717) is 62.1 Å². The highest BCUT2D eigenvalue weighted by atomic mass is 19.3. The maximum atomic E-state index is 14.2. The van der Waals surface area contributed by atoms with E-state index in [9.17, 15) is 18.4 Å². The van der Waals surface area contributed by atoms with Crippen molar-refractivity contribution >= 4 is 34.7 Å². The molecule has 14 heteroatoms. The number of anilines is 2. The molecule has 5 heterocycles. The molecule has 2 aromatic heterocycles. The molecular weight excluding hydrogens is 562 g/mol. The normalized spacial score (nSPS) is 20.7. The predicted octanol–water partition coefficient (Wildman–Crippen LogP) is 3.29. The summed E-state index contributed by atoms with van der Waals surface area (Å²) in [5, 5.41) is 2.57. The van der Waals surface area contributed by atoms with Crippen molar-refractivity contribution in [2.45, 2.75) is 57.7 Å². The van der Waals surface area contributed by atoms with Gasteiger partial charge in [0.15, 0.2) is 5.82 Å². The van der Waals surface area contributed by atoms with Crippen LogP contribution in [0, 0.1) is 0 Å². The number of benzene rings is 1. The van der Waals surface area contributed by atoms with Crippen LogP contribution in [0.25, 0.3) is 17.0 Å². The molecule has 3 aliphatic heterocycles. The summed E-state index contributed by atoms with van der Waals surface area (Å²) < 4.78 is 40.6. The summed E-state index contributed by atoms with van der Waals surface area (Å²) in [5.74, 6) is 0.755. The molecule has 0 saturated carbocycles. The van der Waals surface area contributed by atoms with Gasteiger partial charge in [0.25, 0.3) is 6.43 Å². The van der Waals surface area contributed by atoms with E-state index < -0.39 is 23.9 Å². The minimum absolute atomic E-state index is 0.0809. The Bertz CT molecular complexity index is 1490. The largest absolute Gasteiger partial charge is 0.444 e. The molecule has 12 nitrogen and oxygen atoms in total. The number of amides is 2. The van der Waals surface area contributed by atoms with Crippen LogP contribution < -0.4 is 15.1 Å². The van der Waals surface area contributed by atoms with Gasteiger partial charge in [0, 0.05) is 44.3 Å². The van der Waals surface area contributed by atoms with Crippen molar-refractivity contribution in [3.05, 3.63) is 36.2 Å². The summed E-state index contributed by atoms with van der Waals surface area (Å²) in [6.45, 7) is 8.47. The molecule has 3 fully saturated rings. The molecule has 230 valence electrons. The van der Waals surface area contributed by atoms with Crippen LogP contribution in [0.3, 0.4) is 0 Å². The Morgan fingerprint density at radius 1 is 1.02 bits per heavy atom. The van der Waals surface area contributed by atoms with Crippen LogP contribution in [-0.4, -0.2) is 100 Å². The van der Waals surface area contributed by atoms with Crippen LogP contribution in [-0.2, 0) is 14.3 Å². The number of nitrogens with one attached hydrogen (secondary N) is 1. The summed E-state index contributed by atoms with van der Waals surface area (Å²) in [6.07, 6.45) is -1.83. The number of aromatic nitrogens is 4. The summed E-state index contributed by atoms with van der Waals surface area (Å²) in [4.78, 5) is 45.1. The number of rotatable bonds is 6. The van der Waals surface area contributed by atoms with Gasteiger partial charge in [0.1, 0.15) is 23.8 Å². The number of hydrogen-bond donors (Lipinski definition) is 1. The van der Waals surface area contributed by atoms with Crippen molar-refractivity contribution in [1.29, 1.82) is 0 Å². The molecule has 2 unspecified atom stereocenters. The number of nitrogens with zero attached hydrogens (tertiary/aromatic N) is 7. The Hall–Kier alpha value is -4.07. The Kier molecular flexibility index (Phi) is 7.79. The lowest BCUT2D eigenvalue weighted by Gasteiger charge is -2.42. The van der Waals surface area contributed by atoms with Crippen molar-refractivity contribution in [3.63, 3.8) is 0 Å². The fourth-order valence-electron chi connectivity index (χ4n) is 6.08. The van der Waals surface area contributed by atoms with Gasteiger partial charge in [0.05, 0.1) is 24.2 Å². The number of carbonyl (C=O) groups is 2. The molecule has 1 aromatic carbocycles.